The van der Waals surface area contributed by atoms with E-state index in [1.54, 1.807) is 49.5 Å². The van der Waals surface area contributed by atoms with Gasteiger partial charge < -0.3 is 18.9 Å². The molecule has 9 heteroatoms. The highest BCUT2D eigenvalue weighted by molar-refractivity contribution is 7.91. The monoisotopic (exact) mass is 456 g/mol. The highest BCUT2D eigenvalue weighted by Crippen LogP contribution is 2.26. The molecule has 1 aromatic heterocycles. The first-order valence-electron chi connectivity index (χ1n) is 10.1. The molecule has 1 fully saturated rings. The van der Waals surface area contributed by atoms with Crippen molar-refractivity contribution in [2.45, 2.75) is 19.0 Å². The number of carbonyl (C=O) groups excluding carboxylic acids is 1. The van der Waals surface area contributed by atoms with Crippen molar-refractivity contribution >= 4 is 15.7 Å². The van der Waals surface area contributed by atoms with Gasteiger partial charge in [0.1, 0.15) is 11.5 Å². The predicted octanol–water partition coefficient (Wildman–Crippen LogP) is 3.19. The van der Waals surface area contributed by atoms with Crippen molar-refractivity contribution in [2.75, 3.05) is 25.7 Å². The van der Waals surface area contributed by atoms with Crippen LogP contribution in [0.5, 0.6) is 11.5 Å². The van der Waals surface area contributed by atoms with Crippen molar-refractivity contribution in [1.29, 1.82) is 0 Å². The van der Waals surface area contributed by atoms with Crippen LogP contribution in [0.2, 0.25) is 0 Å². The fraction of sp³-hybridized carbons (Fsp3) is 0.304. The minimum Gasteiger partial charge on any atom is -0.497 e. The minimum absolute atomic E-state index is 0.0575. The van der Waals surface area contributed by atoms with Gasteiger partial charge in [-0.3, -0.25) is 4.79 Å². The van der Waals surface area contributed by atoms with E-state index in [0.29, 0.717) is 23.7 Å². The highest BCUT2D eigenvalue weighted by Gasteiger charge is 2.36. The number of hydrogen-bond acceptors (Lipinski definition) is 7. The zero-order valence-electron chi connectivity index (χ0n) is 17.9. The maximum atomic E-state index is 13.4. The number of carbonyl (C=O) groups is 1. The summed E-state index contributed by atoms with van der Waals surface area (Å²) in [4.78, 5) is 15.0. The van der Waals surface area contributed by atoms with Crippen LogP contribution >= 0.6 is 0 Å². The molecule has 0 N–H and O–H groups in total. The van der Waals surface area contributed by atoms with Crippen LogP contribution < -0.4 is 9.47 Å². The zero-order chi connectivity index (χ0) is 22.7. The number of rotatable bonds is 7. The Morgan fingerprint density at radius 3 is 2.25 bits per heavy atom. The molecule has 8 nitrogen and oxygen atoms in total. The largest absolute Gasteiger partial charge is 0.497 e. The van der Waals surface area contributed by atoms with E-state index >= 15 is 0 Å². The zero-order valence-corrected chi connectivity index (χ0v) is 18.7. The Labute approximate surface area is 186 Å². The molecule has 32 heavy (non-hydrogen) atoms. The third kappa shape index (κ3) is 4.77. The number of methoxy groups -OCH3 is 2. The van der Waals surface area contributed by atoms with Gasteiger partial charge in [-0.25, -0.2) is 8.42 Å². The van der Waals surface area contributed by atoms with E-state index < -0.39 is 15.9 Å². The highest BCUT2D eigenvalue weighted by atomic mass is 32.2. The molecule has 1 aliphatic rings. The number of amides is 1. The van der Waals surface area contributed by atoms with Crippen LogP contribution in [0.25, 0.3) is 11.3 Å². The van der Waals surface area contributed by atoms with Gasteiger partial charge in [0.15, 0.2) is 21.3 Å². The summed E-state index contributed by atoms with van der Waals surface area (Å²) in [6, 6.07) is 15.7. The second-order valence-electron chi connectivity index (χ2n) is 7.64. The predicted molar refractivity (Wildman–Crippen MR) is 118 cm³/mol. The van der Waals surface area contributed by atoms with E-state index in [9.17, 15) is 13.2 Å². The van der Waals surface area contributed by atoms with Gasteiger partial charge in [0.05, 0.1) is 25.7 Å². The molecule has 0 unspecified atom stereocenters. The number of sulfone groups is 1. The fourth-order valence-corrected chi connectivity index (χ4v) is 5.46. The molecule has 3 aromatic rings. The van der Waals surface area contributed by atoms with Gasteiger partial charge in [0.2, 0.25) is 0 Å². The minimum atomic E-state index is -3.17. The molecular weight excluding hydrogens is 432 g/mol. The lowest BCUT2D eigenvalue weighted by molar-refractivity contribution is 0.0670. The van der Waals surface area contributed by atoms with E-state index in [0.717, 1.165) is 11.1 Å². The van der Waals surface area contributed by atoms with E-state index in [1.165, 1.54) is 0 Å². The molecule has 0 bridgehead atoms. The lowest BCUT2D eigenvalue weighted by atomic mass is 10.1. The Morgan fingerprint density at radius 1 is 1.06 bits per heavy atom. The molecule has 1 atom stereocenters. The standard InChI is InChI=1S/C23H24N2O6S/c1-29-19-7-3-16(4-8-19)14-25(18-11-12-32(27,28)15-18)23(26)21-13-22(31-24-21)17-5-9-20(30-2)10-6-17/h3-10,13,18H,11-12,14-15H2,1-2H3/t18-/m1/s1. The lowest BCUT2D eigenvalue weighted by Gasteiger charge is -2.27. The topological polar surface area (TPSA) is 98.9 Å². The van der Waals surface area contributed by atoms with Gasteiger partial charge in [-0.05, 0) is 48.4 Å². The van der Waals surface area contributed by atoms with Crippen LogP contribution in [0, 0.1) is 0 Å². The van der Waals surface area contributed by atoms with Crippen molar-refractivity contribution in [3.05, 3.63) is 65.9 Å². The van der Waals surface area contributed by atoms with Crippen molar-refractivity contribution in [3.63, 3.8) is 0 Å². The van der Waals surface area contributed by atoms with E-state index in [2.05, 4.69) is 5.16 Å². The van der Waals surface area contributed by atoms with Crippen molar-refractivity contribution in [3.8, 4) is 22.8 Å². The Bertz CT molecular complexity index is 1190. The Hall–Kier alpha value is -3.33. The second-order valence-corrected chi connectivity index (χ2v) is 9.87. The lowest BCUT2D eigenvalue weighted by Crippen LogP contribution is -2.40. The van der Waals surface area contributed by atoms with E-state index in [4.69, 9.17) is 14.0 Å². The molecule has 0 radical (unpaired) electrons. The molecule has 0 saturated carbocycles. The molecule has 1 aliphatic heterocycles. The summed E-state index contributed by atoms with van der Waals surface area (Å²) in [5.41, 5.74) is 1.75. The third-order valence-corrected chi connectivity index (χ3v) is 7.28. The van der Waals surface area contributed by atoms with E-state index in [-0.39, 0.29) is 29.7 Å². The maximum absolute atomic E-state index is 13.4. The molecule has 1 amide bonds. The number of aromatic nitrogens is 1. The SMILES string of the molecule is COc1ccc(CN(C(=O)c2cc(-c3ccc(OC)cc3)on2)[C@@H]2CCS(=O)(=O)C2)cc1. The molecule has 2 heterocycles. The number of ether oxygens (including phenoxy) is 2. The quantitative estimate of drug-likeness (QED) is 0.538. The average molecular weight is 457 g/mol. The molecule has 0 aliphatic carbocycles. The van der Waals surface area contributed by atoms with Gasteiger partial charge in [-0.2, -0.15) is 0 Å². The Morgan fingerprint density at radius 2 is 1.69 bits per heavy atom. The third-order valence-electron chi connectivity index (χ3n) is 5.53. The van der Waals surface area contributed by atoms with Crippen LogP contribution in [0.3, 0.4) is 0 Å². The summed E-state index contributed by atoms with van der Waals surface area (Å²) in [5.74, 6) is 1.50. The van der Waals surface area contributed by atoms with Crippen LogP contribution in [0.15, 0.2) is 59.1 Å². The van der Waals surface area contributed by atoms with Crippen LogP contribution in [0.4, 0.5) is 0 Å². The summed E-state index contributed by atoms with van der Waals surface area (Å²) in [5, 5.41) is 3.97. The number of nitrogens with zero attached hydrogens (tertiary/aromatic N) is 2. The Kier molecular flexibility index (Phi) is 6.18. The molecule has 0 spiro atoms. The first-order chi connectivity index (χ1) is 15.4. The van der Waals surface area contributed by atoms with Gasteiger partial charge in [-0.1, -0.05) is 17.3 Å². The van der Waals surface area contributed by atoms with Gasteiger partial charge in [-0.15, -0.1) is 0 Å². The fourth-order valence-electron chi connectivity index (χ4n) is 3.73. The van der Waals surface area contributed by atoms with Crippen molar-refractivity contribution in [1.82, 2.24) is 10.1 Å². The first kappa shape index (κ1) is 21.9. The smallest absolute Gasteiger partial charge is 0.276 e. The van der Waals surface area contributed by atoms with Gasteiger partial charge >= 0.3 is 0 Å². The first-order valence-corrected chi connectivity index (χ1v) is 12.0. The van der Waals surface area contributed by atoms with Crippen LogP contribution in [-0.2, 0) is 16.4 Å². The van der Waals surface area contributed by atoms with Crippen molar-refractivity contribution < 1.29 is 27.2 Å². The van der Waals surface area contributed by atoms with Gasteiger partial charge in [0, 0.05) is 24.2 Å². The van der Waals surface area contributed by atoms with Gasteiger partial charge in [0.25, 0.3) is 5.91 Å². The summed E-state index contributed by atoms with van der Waals surface area (Å²) in [7, 11) is -0.00643. The molecule has 4 rings (SSSR count). The number of benzene rings is 2. The summed E-state index contributed by atoms with van der Waals surface area (Å²) in [6.45, 7) is 0.258. The normalized spacial score (nSPS) is 17.1. The summed E-state index contributed by atoms with van der Waals surface area (Å²) >= 11 is 0. The molecule has 1 saturated heterocycles. The van der Waals surface area contributed by atoms with Crippen LogP contribution in [-0.4, -0.2) is 56.1 Å². The van der Waals surface area contributed by atoms with Crippen molar-refractivity contribution in [2.24, 2.45) is 0 Å². The van der Waals surface area contributed by atoms with Crippen LogP contribution in [0.1, 0.15) is 22.5 Å². The summed E-state index contributed by atoms with van der Waals surface area (Å²) < 4.78 is 39.9. The molecule has 2 aromatic carbocycles. The summed E-state index contributed by atoms with van der Waals surface area (Å²) in [6.07, 6.45) is 0.396. The second kappa shape index (κ2) is 9.04. The number of hydrogen-bond donors (Lipinski definition) is 0. The molecule has 168 valence electrons. The average Bonchev–Trinajstić information content (AvgIpc) is 3.44. The molecular formula is C23H24N2O6S. The Balaban J connectivity index is 1.59. The maximum Gasteiger partial charge on any atom is 0.276 e. The van der Waals surface area contributed by atoms with E-state index in [1.807, 2.05) is 24.3 Å².